The van der Waals surface area contributed by atoms with Gasteiger partial charge in [-0.1, -0.05) is 30.3 Å². The molecular weight excluding hydrogens is 306 g/mol. The van der Waals surface area contributed by atoms with Crippen molar-refractivity contribution in [3.8, 4) is 0 Å². The number of hydrogen-bond donors (Lipinski definition) is 1. The van der Waals surface area contributed by atoms with E-state index in [9.17, 15) is 0 Å². The van der Waals surface area contributed by atoms with E-state index in [-0.39, 0.29) is 0 Å². The number of morpholine rings is 1. The summed E-state index contributed by atoms with van der Waals surface area (Å²) in [6, 6.07) is 11.0. The van der Waals surface area contributed by atoms with Crippen LogP contribution >= 0.6 is 11.3 Å². The minimum absolute atomic E-state index is 0.318. The van der Waals surface area contributed by atoms with Crippen LogP contribution in [0.2, 0.25) is 0 Å². The molecule has 3 rings (SSSR count). The number of aromatic nitrogens is 1. The van der Waals surface area contributed by atoms with Crippen molar-refractivity contribution in [3.05, 3.63) is 51.5 Å². The standard InChI is InChI=1S/C18H25N3OS/c1-14-15(2)23-18(20-14)12-19-17(16-6-4-3-5-7-16)13-21-8-10-22-11-9-21/h3-7,17,19H,8-13H2,1-2H3/t17-/m0/s1. The highest BCUT2D eigenvalue weighted by atomic mass is 32.1. The fraction of sp³-hybridized carbons (Fsp3) is 0.500. The largest absolute Gasteiger partial charge is 0.379 e. The summed E-state index contributed by atoms with van der Waals surface area (Å²) in [5.74, 6) is 0. The zero-order valence-corrected chi connectivity index (χ0v) is 14.7. The highest BCUT2D eigenvalue weighted by molar-refractivity contribution is 7.11. The van der Waals surface area contributed by atoms with Gasteiger partial charge in [0.25, 0.3) is 0 Å². The molecule has 0 radical (unpaired) electrons. The molecular formula is C18H25N3OS. The molecule has 0 amide bonds. The van der Waals surface area contributed by atoms with E-state index in [1.807, 2.05) is 0 Å². The van der Waals surface area contributed by atoms with Gasteiger partial charge in [0.05, 0.1) is 18.9 Å². The molecule has 4 nitrogen and oxygen atoms in total. The molecule has 23 heavy (non-hydrogen) atoms. The van der Waals surface area contributed by atoms with E-state index in [0.717, 1.165) is 45.1 Å². The summed E-state index contributed by atoms with van der Waals surface area (Å²) in [6.45, 7) is 9.76. The highest BCUT2D eigenvalue weighted by Crippen LogP contribution is 2.19. The summed E-state index contributed by atoms with van der Waals surface area (Å²) in [4.78, 5) is 8.44. The monoisotopic (exact) mass is 331 g/mol. The maximum Gasteiger partial charge on any atom is 0.107 e. The number of ether oxygens (including phenoxy) is 1. The molecule has 2 heterocycles. The average Bonchev–Trinajstić information content (AvgIpc) is 2.91. The lowest BCUT2D eigenvalue weighted by Crippen LogP contribution is -2.41. The Morgan fingerprint density at radius 2 is 1.96 bits per heavy atom. The van der Waals surface area contributed by atoms with Gasteiger partial charge in [-0.3, -0.25) is 4.90 Å². The smallest absolute Gasteiger partial charge is 0.107 e. The second-order valence-corrected chi connectivity index (χ2v) is 7.29. The van der Waals surface area contributed by atoms with Crippen LogP contribution in [0.1, 0.15) is 27.2 Å². The Morgan fingerprint density at radius 1 is 1.22 bits per heavy atom. The molecule has 2 aromatic rings. The zero-order valence-electron chi connectivity index (χ0n) is 13.9. The van der Waals surface area contributed by atoms with Crippen molar-refractivity contribution in [1.29, 1.82) is 0 Å². The maximum absolute atomic E-state index is 5.46. The Balaban J connectivity index is 1.66. The van der Waals surface area contributed by atoms with Crippen LogP contribution in [0.25, 0.3) is 0 Å². The second-order valence-electron chi connectivity index (χ2n) is 6.01. The van der Waals surface area contributed by atoms with Gasteiger partial charge >= 0.3 is 0 Å². The van der Waals surface area contributed by atoms with E-state index in [0.29, 0.717) is 6.04 Å². The molecule has 0 unspecified atom stereocenters. The van der Waals surface area contributed by atoms with Crippen molar-refractivity contribution < 1.29 is 4.74 Å². The number of benzene rings is 1. The number of hydrogen-bond acceptors (Lipinski definition) is 5. The van der Waals surface area contributed by atoms with Gasteiger partial charge in [-0.25, -0.2) is 4.98 Å². The van der Waals surface area contributed by atoms with Gasteiger partial charge in [0.15, 0.2) is 0 Å². The van der Waals surface area contributed by atoms with Gasteiger partial charge in [0.2, 0.25) is 0 Å². The van der Waals surface area contributed by atoms with Crippen molar-refractivity contribution in [2.45, 2.75) is 26.4 Å². The van der Waals surface area contributed by atoms with Crippen molar-refractivity contribution in [2.24, 2.45) is 0 Å². The van der Waals surface area contributed by atoms with Crippen LogP contribution in [0.15, 0.2) is 30.3 Å². The second kappa shape index (κ2) is 8.02. The van der Waals surface area contributed by atoms with E-state index in [4.69, 9.17) is 4.74 Å². The molecule has 0 saturated carbocycles. The normalized spacial score (nSPS) is 17.3. The van der Waals surface area contributed by atoms with E-state index < -0.39 is 0 Å². The van der Waals surface area contributed by atoms with Gasteiger partial charge in [0, 0.05) is 37.1 Å². The van der Waals surface area contributed by atoms with E-state index in [1.165, 1.54) is 15.4 Å². The van der Waals surface area contributed by atoms with E-state index >= 15 is 0 Å². The Hall–Kier alpha value is -1.27. The van der Waals surface area contributed by atoms with Crippen LogP contribution in [0.5, 0.6) is 0 Å². The van der Waals surface area contributed by atoms with Gasteiger partial charge in [-0.05, 0) is 19.4 Å². The predicted molar refractivity (Wildman–Crippen MR) is 94.9 cm³/mol. The molecule has 1 saturated heterocycles. The summed E-state index contributed by atoms with van der Waals surface area (Å²) in [5, 5.41) is 4.87. The summed E-state index contributed by atoms with van der Waals surface area (Å²) in [7, 11) is 0. The van der Waals surface area contributed by atoms with Crippen LogP contribution in [0, 0.1) is 13.8 Å². The van der Waals surface area contributed by atoms with Crippen LogP contribution in [-0.4, -0.2) is 42.7 Å². The third-order valence-corrected chi connectivity index (χ3v) is 5.39. The lowest BCUT2D eigenvalue weighted by molar-refractivity contribution is 0.0333. The van der Waals surface area contributed by atoms with Gasteiger partial charge in [0.1, 0.15) is 5.01 Å². The quantitative estimate of drug-likeness (QED) is 0.883. The van der Waals surface area contributed by atoms with Crippen molar-refractivity contribution in [3.63, 3.8) is 0 Å². The van der Waals surface area contributed by atoms with Crippen LogP contribution < -0.4 is 5.32 Å². The highest BCUT2D eigenvalue weighted by Gasteiger charge is 2.18. The molecule has 1 N–H and O–H groups in total. The van der Waals surface area contributed by atoms with Gasteiger partial charge < -0.3 is 10.1 Å². The summed E-state index contributed by atoms with van der Waals surface area (Å²) in [5.41, 5.74) is 2.49. The summed E-state index contributed by atoms with van der Waals surface area (Å²) >= 11 is 1.79. The van der Waals surface area contributed by atoms with Gasteiger partial charge in [-0.2, -0.15) is 0 Å². The Morgan fingerprint density at radius 3 is 2.61 bits per heavy atom. The first-order chi connectivity index (χ1) is 11.2. The van der Waals surface area contributed by atoms with Crippen LogP contribution in [-0.2, 0) is 11.3 Å². The average molecular weight is 331 g/mol. The lowest BCUT2D eigenvalue weighted by Gasteiger charge is -2.31. The first kappa shape index (κ1) is 16.6. The molecule has 1 atom stereocenters. The number of thiazole rings is 1. The van der Waals surface area contributed by atoms with Crippen molar-refractivity contribution in [1.82, 2.24) is 15.2 Å². The number of aryl methyl sites for hydroxylation is 2. The molecule has 0 aliphatic carbocycles. The fourth-order valence-corrected chi connectivity index (χ4v) is 3.73. The minimum Gasteiger partial charge on any atom is -0.379 e. The Bertz CT molecular complexity index is 588. The SMILES string of the molecule is Cc1nc(CN[C@@H](CN2CCOCC2)c2ccccc2)sc1C. The predicted octanol–water partition coefficient (Wildman–Crippen LogP) is 2.92. The molecule has 0 spiro atoms. The zero-order chi connectivity index (χ0) is 16.1. The first-order valence-corrected chi connectivity index (χ1v) is 9.05. The molecule has 1 aliphatic heterocycles. The Kier molecular flexibility index (Phi) is 5.78. The number of rotatable bonds is 6. The van der Waals surface area contributed by atoms with Crippen molar-refractivity contribution in [2.75, 3.05) is 32.8 Å². The first-order valence-electron chi connectivity index (χ1n) is 8.23. The fourth-order valence-electron chi connectivity index (χ4n) is 2.84. The molecule has 124 valence electrons. The van der Waals surface area contributed by atoms with Crippen LogP contribution in [0.3, 0.4) is 0 Å². The van der Waals surface area contributed by atoms with E-state index in [2.05, 4.69) is 59.4 Å². The maximum atomic E-state index is 5.46. The summed E-state index contributed by atoms with van der Waals surface area (Å²) in [6.07, 6.45) is 0. The molecule has 1 aliphatic rings. The minimum atomic E-state index is 0.318. The summed E-state index contributed by atoms with van der Waals surface area (Å²) < 4.78 is 5.46. The third-order valence-electron chi connectivity index (χ3n) is 4.32. The number of nitrogens with zero attached hydrogens (tertiary/aromatic N) is 2. The lowest BCUT2D eigenvalue weighted by atomic mass is 10.1. The van der Waals surface area contributed by atoms with Crippen LogP contribution in [0.4, 0.5) is 0 Å². The topological polar surface area (TPSA) is 37.4 Å². The molecule has 5 heteroatoms. The van der Waals surface area contributed by atoms with Gasteiger partial charge in [-0.15, -0.1) is 11.3 Å². The van der Waals surface area contributed by atoms with Crippen molar-refractivity contribution >= 4 is 11.3 Å². The number of nitrogens with one attached hydrogen (secondary N) is 1. The molecule has 1 fully saturated rings. The van der Waals surface area contributed by atoms with E-state index in [1.54, 1.807) is 11.3 Å². The molecule has 0 bridgehead atoms. The molecule has 1 aromatic carbocycles. The molecule has 1 aromatic heterocycles. The third kappa shape index (κ3) is 4.61. The Labute approximate surface area is 142 Å².